The largest absolute Gasteiger partial charge is 0.504 e. The maximum atomic E-state index is 12.5. The molecule has 6 nitrogen and oxygen atoms in total. The molecule has 25 heavy (non-hydrogen) atoms. The Kier molecular flexibility index (Phi) is 4.95. The predicted molar refractivity (Wildman–Crippen MR) is 97.3 cm³/mol. The van der Waals surface area contributed by atoms with Gasteiger partial charge in [0.2, 0.25) is 0 Å². The fraction of sp³-hybridized carbons (Fsp3) is 0.167. The Bertz CT molecular complexity index is 891. The molecule has 7 heteroatoms. The van der Waals surface area contributed by atoms with Crippen molar-refractivity contribution in [2.75, 3.05) is 11.9 Å². The van der Waals surface area contributed by atoms with Gasteiger partial charge in [0.15, 0.2) is 11.6 Å². The minimum atomic E-state index is -0.346. The molecule has 0 spiro atoms. The van der Waals surface area contributed by atoms with Gasteiger partial charge in [-0.05, 0) is 50.2 Å². The molecule has 1 amide bonds. The first-order chi connectivity index (χ1) is 12.1. The predicted octanol–water partition coefficient (Wildman–Crippen LogP) is 3.87. The molecule has 3 aromatic rings. The zero-order valence-electron chi connectivity index (χ0n) is 13.8. The van der Waals surface area contributed by atoms with E-state index in [1.165, 1.54) is 23.6 Å². The number of hydrogen-bond acceptors (Lipinski definition) is 6. The molecule has 0 radical (unpaired) electrons. The third-order valence-electron chi connectivity index (χ3n) is 3.43. The molecule has 0 aliphatic carbocycles. The standard InChI is InChI=1S/C18H17N3O3S/c1-3-24-13-8-6-12(7-9-13)18-20-11(2)15(25-18)17(23)21-16-14(22)5-4-10-19-16/h4-10,22H,3H2,1-2H3,(H,19,21,23). The highest BCUT2D eigenvalue weighted by Gasteiger charge is 2.18. The van der Waals surface area contributed by atoms with Gasteiger partial charge in [-0.1, -0.05) is 0 Å². The summed E-state index contributed by atoms with van der Waals surface area (Å²) < 4.78 is 5.43. The molecule has 0 saturated heterocycles. The maximum Gasteiger partial charge on any atom is 0.268 e. The van der Waals surface area contributed by atoms with Gasteiger partial charge in [0.25, 0.3) is 5.91 Å². The molecule has 2 aromatic heterocycles. The van der Waals surface area contributed by atoms with Gasteiger partial charge in [-0.3, -0.25) is 4.79 Å². The number of hydrogen-bond donors (Lipinski definition) is 2. The maximum absolute atomic E-state index is 12.5. The van der Waals surface area contributed by atoms with Gasteiger partial charge in [-0.15, -0.1) is 11.3 Å². The Morgan fingerprint density at radius 1 is 1.28 bits per heavy atom. The number of pyridine rings is 1. The lowest BCUT2D eigenvalue weighted by Gasteiger charge is -2.04. The van der Waals surface area contributed by atoms with Gasteiger partial charge < -0.3 is 15.2 Å². The van der Waals surface area contributed by atoms with Gasteiger partial charge >= 0.3 is 0 Å². The van der Waals surface area contributed by atoms with E-state index in [2.05, 4.69) is 15.3 Å². The van der Waals surface area contributed by atoms with Crippen LogP contribution in [0.4, 0.5) is 5.82 Å². The van der Waals surface area contributed by atoms with Crippen molar-refractivity contribution in [3.05, 3.63) is 53.2 Å². The zero-order chi connectivity index (χ0) is 17.8. The van der Waals surface area contributed by atoms with E-state index in [-0.39, 0.29) is 17.5 Å². The molecule has 0 unspecified atom stereocenters. The van der Waals surface area contributed by atoms with Gasteiger partial charge in [-0.25, -0.2) is 9.97 Å². The normalized spacial score (nSPS) is 10.5. The Morgan fingerprint density at radius 3 is 2.72 bits per heavy atom. The van der Waals surface area contributed by atoms with E-state index < -0.39 is 0 Å². The molecule has 128 valence electrons. The second-order valence-electron chi connectivity index (χ2n) is 5.22. The monoisotopic (exact) mass is 355 g/mol. The SMILES string of the molecule is CCOc1ccc(-c2nc(C)c(C(=O)Nc3ncccc3O)s2)cc1. The van der Waals surface area contributed by atoms with Gasteiger partial charge in [0.1, 0.15) is 15.6 Å². The molecule has 2 N–H and O–H groups in total. The van der Waals surface area contributed by atoms with Crippen molar-refractivity contribution in [2.45, 2.75) is 13.8 Å². The average molecular weight is 355 g/mol. The van der Waals surface area contributed by atoms with Crippen molar-refractivity contribution in [3.63, 3.8) is 0 Å². The summed E-state index contributed by atoms with van der Waals surface area (Å²) in [5.41, 5.74) is 1.54. The molecular formula is C18H17N3O3S. The van der Waals surface area contributed by atoms with E-state index in [0.717, 1.165) is 16.3 Å². The van der Waals surface area contributed by atoms with Crippen LogP contribution in [0.15, 0.2) is 42.6 Å². The number of amides is 1. The van der Waals surface area contributed by atoms with E-state index in [1.807, 2.05) is 31.2 Å². The molecular weight excluding hydrogens is 338 g/mol. The number of thiazole rings is 1. The van der Waals surface area contributed by atoms with Crippen molar-refractivity contribution >= 4 is 23.1 Å². The van der Waals surface area contributed by atoms with Crippen molar-refractivity contribution < 1.29 is 14.6 Å². The Morgan fingerprint density at radius 2 is 2.04 bits per heavy atom. The van der Waals surface area contributed by atoms with Crippen LogP contribution in [-0.4, -0.2) is 27.6 Å². The van der Waals surface area contributed by atoms with Crippen molar-refractivity contribution in [3.8, 4) is 22.1 Å². The minimum Gasteiger partial charge on any atom is -0.504 e. The van der Waals surface area contributed by atoms with Crippen molar-refractivity contribution in [1.82, 2.24) is 9.97 Å². The van der Waals surface area contributed by atoms with E-state index in [4.69, 9.17) is 4.74 Å². The average Bonchev–Trinajstić information content (AvgIpc) is 3.00. The van der Waals surface area contributed by atoms with E-state index in [9.17, 15) is 9.90 Å². The molecule has 3 rings (SSSR count). The van der Waals surface area contributed by atoms with Crippen LogP contribution in [0.3, 0.4) is 0 Å². The van der Waals surface area contributed by atoms with Gasteiger partial charge in [0, 0.05) is 11.8 Å². The fourth-order valence-electron chi connectivity index (χ4n) is 2.25. The van der Waals surface area contributed by atoms with Gasteiger partial charge in [0.05, 0.1) is 12.3 Å². The number of aromatic hydroxyl groups is 1. The number of carbonyl (C=O) groups is 1. The van der Waals surface area contributed by atoms with Gasteiger partial charge in [-0.2, -0.15) is 0 Å². The summed E-state index contributed by atoms with van der Waals surface area (Å²) in [5.74, 6) is 0.497. The zero-order valence-corrected chi connectivity index (χ0v) is 14.6. The second-order valence-corrected chi connectivity index (χ2v) is 6.22. The van der Waals surface area contributed by atoms with Crippen molar-refractivity contribution in [2.24, 2.45) is 0 Å². The lowest BCUT2D eigenvalue weighted by Crippen LogP contribution is -2.12. The first-order valence-corrected chi connectivity index (χ1v) is 8.56. The molecule has 2 heterocycles. The first kappa shape index (κ1) is 16.9. The number of nitrogens with zero attached hydrogens (tertiary/aromatic N) is 2. The topological polar surface area (TPSA) is 84.3 Å². The number of benzene rings is 1. The molecule has 1 aromatic carbocycles. The number of aromatic nitrogens is 2. The molecule has 0 aliphatic heterocycles. The fourth-order valence-corrected chi connectivity index (χ4v) is 3.22. The summed E-state index contributed by atoms with van der Waals surface area (Å²) in [6, 6.07) is 10.6. The first-order valence-electron chi connectivity index (χ1n) is 7.74. The van der Waals surface area contributed by atoms with Crippen LogP contribution in [0.1, 0.15) is 22.3 Å². The Labute approximate surface area is 149 Å². The van der Waals surface area contributed by atoms with Crippen LogP contribution >= 0.6 is 11.3 Å². The molecule has 0 aliphatic rings. The summed E-state index contributed by atoms with van der Waals surface area (Å²) in [5, 5.41) is 13.1. The van der Waals surface area contributed by atoms with E-state index in [0.29, 0.717) is 17.2 Å². The number of aryl methyl sites for hydroxylation is 1. The summed E-state index contributed by atoms with van der Waals surface area (Å²) in [7, 11) is 0. The van der Waals surface area contributed by atoms with Crippen molar-refractivity contribution in [1.29, 1.82) is 0 Å². The summed E-state index contributed by atoms with van der Waals surface area (Å²) in [6.07, 6.45) is 1.50. The third-order valence-corrected chi connectivity index (χ3v) is 4.64. The van der Waals surface area contributed by atoms with Crippen LogP contribution in [0.2, 0.25) is 0 Å². The molecule has 0 saturated carbocycles. The molecule has 0 bridgehead atoms. The number of anilines is 1. The number of ether oxygens (including phenoxy) is 1. The van der Waals surface area contributed by atoms with Crippen LogP contribution in [0, 0.1) is 6.92 Å². The quantitative estimate of drug-likeness (QED) is 0.726. The molecule has 0 atom stereocenters. The number of nitrogens with one attached hydrogen (secondary N) is 1. The lowest BCUT2D eigenvalue weighted by molar-refractivity contribution is 0.102. The summed E-state index contributed by atoms with van der Waals surface area (Å²) in [4.78, 5) is 21.4. The highest BCUT2D eigenvalue weighted by Crippen LogP contribution is 2.30. The number of carbonyl (C=O) groups excluding carboxylic acids is 1. The van der Waals surface area contributed by atoms with Crippen LogP contribution in [0.5, 0.6) is 11.5 Å². The smallest absolute Gasteiger partial charge is 0.268 e. The highest BCUT2D eigenvalue weighted by atomic mass is 32.1. The summed E-state index contributed by atoms with van der Waals surface area (Å²) in [6.45, 7) is 4.32. The number of rotatable bonds is 5. The second kappa shape index (κ2) is 7.31. The highest BCUT2D eigenvalue weighted by molar-refractivity contribution is 7.17. The lowest BCUT2D eigenvalue weighted by atomic mass is 10.2. The summed E-state index contributed by atoms with van der Waals surface area (Å²) >= 11 is 1.29. The minimum absolute atomic E-state index is 0.0789. The van der Waals surface area contributed by atoms with E-state index >= 15 is 0 Å². The van der Waals surface area contributed by atoms with Crippen LogP contribution in [-0.2, 0) is 0 Å². The van der Waals surface area contributed by atoms with Crippen LogP contribution in [0.25, 0.3) is 10.6 Å². The van der Waals surface area contributed by atoms with E-state index in [1.54, 1.807) is 13.0 Å². The third kappa shape index (κ3) is 3.77. The molecule has 0 fully saturated rings. The Balaban J connectivity index is 1.82. The van der Waals surface area contributed by atoms with Crippen LogP contribution < -0.4 is 10.1 Å². The Hall–Kier alpha value is -2.93.